The maximum Gasteiger partial charge on any atom is 0.136 e. The Labute approximate surface area is 136 Å². The first kappa shape index (κ1) is 14.2. The summed E-state index contributed by atoms with van der Waals surface area (Å²) in [5, 5.41) is 0. The molecule has 1 saturated heterocycles. The SMILES string of the molecule is Cc1nc2c(c(N3CCCC3c3ccc(C)s3)n1)CCCC2. The van der Waals surface area contributed by atoms with Gasteiger partial charge in [-0.1, -0.05) is 0 Å². The molecule has 2 aromatic heterocycles. The fraction of sp³-hybridized carbons (Fsp3) is 0.556. The summed E-state index contributed by atoms with van der Waals surface area (Å²) in [5.41, 5.74) is 2.73. The molecule has 0 spiro atoms. The molecule has 0 amide bonds. The van der Waals surface area contributed by atoms with Gasteiger partial charge in [-0.25, -0.2) is 9.97 Å². The van der Waals surface area contributed by atoms with E-state index in [-0.39, 0.29) is 0 Å². The van der Waals surface area contributed by atoms with Crippen LogP contribution < -0.4 is 4.90 Å². The quantitative estimate of drug-likeness (QED) is 0.824. The van der Waals surface area contributed by atoms with Gasteiger partial charge in [0.2, 0.25) is 0 Å². The Bertz CT molecular complexity index is 692. The normalized spacial score (nSPS) is 21.2. The molecule has 1 atom stereocenters. The lowest BCUT2D eigenvalue weighted by atomic mass is 9.96. The summed E-state index contributed by atoms with van der Waals surface area (Å²) in [6, 6.07) is 5.07. The molecule has 3 heterocycles. The molecule has 3 nitrogen and oxygen atoms in total. The second-order valence-corrected chi connectivity index (χ2v) is 7.85. The molecule has 1 fully saturated rings. The number of hydrogen-bond donors (Lipinski definition) is 0. The van der Waals surface area contributed by atoms with E-state index in [4.69, 9.17) is 9.97 Å². The van der Waals surface area contributed by atoms with Crippen molar-refractivity contribution in [2.75, 3.05) is 11.4 Å². The number of nitrogens with zero attached hydrogens (tertiary/aromatic N) is 3. The van der Waals surface area contributed by atoms with Crippen molar-refractivity contribution in [3.05, 3.63) is 39.0 Å². The van der Waals surface area contributed by atoms with Gasteiger partial charge in [-0.3, -0.25) is 0 Å². The van der Waals surface area contributed by atoms with Crippen molar-refractivity contribution in [3.8, 4) is 0 Å². The van der Waals surface area contributed by atoms with Gasteiger partial charge in [-0.15, -0.1) is 11.3 Å². The van der Waals surface area contributed by atoms with Crippen molar-refractivity contribution in [1.82, 2.24) is 9.97 Å². The van der Waals surface area contributed by atoms with E-state index in [9.17, 15) is 0 Å². The van der Waals surface area contributed by atoms with Crippen LogP contribution in [0, 0.1) is 13.8 Å². The zero-order chi connectivity index (χ0) is 15.1. The molecule has 0 aromatic carbocycles. The molecule has 22 heavy (non-hydrogen) atoms. The van der Waals surface area contributed by atoms with E-state index in [2.05, 4.69) is 24.0 Å². The van der Waals surface area contributed by atoms with Crippen molar-refractivity contribution in [2.24, 2.45) is 0 Å². The fourth-order valence-corrected chi connectivity index (χ4v) is 4.91. The molecule has 2 aliphatic rings. The van der Waals surface area contributed by atoms with E-state index in [1.54, 1.807) is 0 Å². The average Bonchev–Trinajstić information content (AvgIpc) is 3.14. The Balaban J connectivity index is 1.75. The Morgan fingerprint density at radius 1 is 1.09 bits per heavy atom. The minimum Gasteiger partial charge on any atom is -0.348 e. The van der Waals surface area contributed by atoms with Gasteiger partial charge in [0, 0.05) is 27.6 Å². The molecule has 2 aromatic rings. The second kappa shape index (κ2) is 5.65. The Hall–Kier alpha value is -1.42. The van der Waals surface area contributed by atoms with Gasteiger partial charge in [0.15, 0.2) is 0 Å². The molecule has 0 radical (unpaired) electrons. The highest BCUT2D eigenvalue weighted by Gasteiger charge is 2.31. The van der Waals surface area contributed by atoms with Crippen LogP contribution in [0.15, 0.2) is 12.1 Å². The van der Waals surface area contributed by atoms with Crippen LogP contribution in [0.4, 0.5) is 5.82 Å². The Morgan fingerprint density at radius 3 is 2.77 bits per heavy atom. The van der Waals surface area contributed by atoms with Crippen molar-refractivity contribution in [2.45, 2.75) is 58.4 Å². The highest BCUT2D eigenvalue weighted by molar-refractivity contribution is 7.12. The second-order valence-electron chi connectivity index (χ2n) is 6.53. The molecule has 0 bridgehead atoms. The summed E-state index contributed by atoms with van der Waals surface area (Å²) in [5.74, 6) is 2.17. The first-order valence-electron chi connectivity index (χ1n) is 8.42. The van der Waals surface area contributed by atoms with Gasteiger partial charge in [-0.2, -0.15) is 0 Å². The van der Waals surface area contributed by atoms with Gasteiger partial charge in [0.1, 0.15) is 11.6 Å². The lowest BCUT2D eigenvalue weighted by Crippen LogP contribution is -2.26. The molecule has 1 aliphatic heterocycles. The summed E-state index contributed by atoms with van der Waals surface area (Å²) in [7, 11) is 0. The van der Waals surface area contributed by atoms with Gasteiger partial charge < -0.3 is 4.90 Å². The molecule has 0 N–H and O–H groups in total. The molecule has 1 unspecified atom stereocenters. The maximum absolute atomic E-state index is 4.87. The van der Waals surface area contributed by atoms with Crippen molar-refractivity contribution in [3.63, 3.8) is 0 Å². The fourth-order valence-electron chi connectivity index (χ4n) is 3.88. The first-order chi connectivity index (χ1) is 10.7. The van der Waals surface area contributed by atoms with Crippen LogP contribution in [0.25, 0.3) is 0 Å². The summed E-state index contributed by atoms with van der Waals surface area (Å²) in [6.07, 6.45) is 7.34. The Morgan fingerprint density at radius 2 is 1.95 bits per heavy atom. The van der Waals surface area contributed by atoms with E-state index in [1.165, 1.54) is 52.5 Å². The maximum atomic E-state index is 4.87. The van der Waals surface area contributed by atoms with Gasteiger partial charge in [-0.05, 0) is 64.5 Å². The van der Waals surface area contributed by atoms with Crippen molar-refractivity contribution in [1.29, 1.82) is 0 Å². The van der Waals surface area contributed by atoms with Gasteiger partial charge >= 0.3 is 0 Å². The van der Waals surface area contributed by atoms with Crippen LogP contribution in [0.1, 0.15) is 58.6 Å². The van der Waals surface area contributed by atoms with Crippen LogP contribution in [0.2, 0.25) is 0 Å². The molecule has 4 rings (SSSR count). The zero-order valence-electron chi connectivity index (χ0n) is 13.4. The highest BCUT2D eigenvalue weighted by atomic mass is 32.1. The third-order valence-corrected chi connectivity index (χ3v) is 5.99. The summed E-state index contributed by atoms with van der Waals surface area (Å²) in [6.45, 7) is 5.37. The van der Waals surface area contributed by atoms with Crippen molar-refractivity contribution < 1.29 is 0 Å². The van der Waals surface area contributed by atoms with E-state index in [0.29, 0.717) is 6.04 Å². The van der Waals surface area contributed by atoms with E-state index >= 15 is 0 Å². The standard InChI is InChI=1S/C18H23N3S/c1-12-9-10-17(22-12)16-8-5-11-21(16)18-14-6-3-4-7-15(14)19-13(2)20-18/h9-10,16H,3-8,11H2,1-2H3. The average molecular weight is 313 g/mol. The lowest BCUT2D eigenvalue weighted by molar-refractivity contribution is 0.644. The van der Waals surface area contributed by atoms with Crippen LogP contribution in [0.5, 0.6) is 0 Å². The number of rotatable bonds is 2. The molecular weight excluding hydrogens is 290 g/mol. The zero-order valence-corrected chi connectivity index (χ0v) is 14.2. The predicted octanol–water partition coefficient (Wildman–Crippen LogP) is 4.38. The largest absolute Gasteiger partial charge is 0.348 e. The summed E-state index contributed by atoms with van der Waals surface area (Å²) >= 11 is 1.94. The lowest BCUT2D eigenvalue weighted by Gasteiger charge is -2.29. The monoisotopic (exact) mass is 313 g/mol. The molecular formula is C18H23N3S. The van der Waals surface area contributed by atoms with Gasteiger partial charge in [0.25, 0.3) is 0 Å². The molecule has 1 aliphatic carbocycles. The van der Waals surface area contributed by atoms with Crippen LogP contribution in [0.3, 0.4) is 0 Å². The van der Waals surface area contributed by atoms with Crippen LogP contribution in [-0.4, -0.2) is 16.5 Å². The predicted molar refractivity (Wildman–Crippen MR) is 91.8 cm³/mol. The van der Waals surface area contributed by atoms with E-state index < -0.39 is 0 Å². The number of aromatic nitrogens is 2. The number of anilines is 1. The summed E-state index contributed by atoms with van der Waals surface area (Å²) < 4.78 is 0. The number of hydrogen-bond acceptors (Lipinski definition) is 4. The topological polar surface area (TPSA) is 29.0 Å². The van der Waals surface area contributed by atoms with Gasteiger partial charge in [0.05, 0.1) is 6.04 Å². The van der Waals surface area contributed by atoms with Crippen LogP contribution in [-0.2, 0) is 12.8 Å². The third kappa shape index (κ3) is 2.43. The minimum atomic E-state index is 0.513. The molecule has 0 saturated carbocycles. The molecule has 116 valence electrons. The number of thiophene rings is 1. The van der Waals surface area contributed by atoms with E-state index in [0.717, 1.165) is 25.2 Å². The van der Waals surface area contributed by atoms with Crippen molar-refractivity contribution >= 4 is 17.2 Å². The van der Waals surface area contributed by atoms with Crippen LogP contribution >= 0.6 is 11.3 Å². The number of aryl methyl sites for hydroxylation is 3. The molecule has 4 heteroatoms. The smallest absolute Gasteiger partial charge is 0.136 e. The summed E-state index contributed by atoms with van der Waals surface area (Å²) in [4.78, 5) is 15.0. The minimum absolute atomic E-state index is 0.513. The number of fused-ring (bicyclic) bond motifs is 1. The first-order valence-corrected chi connectivity index (χ1v) is 9.23. The Kier molecular flexibility index (Phi) is 3.65. The van der Waals surface area contributed by atoms with E-state index in [1.807, 2.05) is 18.3 Å². The third-order valence-electron chi connectivity index (χ3n) is 4.89. The highest BCUT2D eigenvalue weighted by Crippen LogP contribution is 2.40.